The summed E-state index contributed by atoms with van der Waals surface area (Å²) in [7, 11) is 0. The second-order valence-electron chi connectivity index (χ2n) is 5.25. The van der Waals surface area contributed by atoms with Crippen LogP contribution in [0.4, 0.5) is 0 Å². The third-order valence-corrected chi connectivity index (χ3v) is 2.71. The molecule has 1 unspecified atom stereocenters. The molecule has 5 heteroatoms. The number of rotatable bonds is 7. The first kappa shape index (κ1) is 14.7. The summed E-state index contributed by atoms with van der Waals surface area (Å²) in [6, 6.07) is 0.138. The van der Waals surface area contributed by atoms with Gasteiger partial charge in [-0.3, -0.25) is 4.79 Å². The first-order valence-electron chi connectivity index (χ1n) is 6.39. The molecule has 5 nitrogen and oxygen atoms in total. The molecule has 0 spiro atoms. The third kappa shape index (κ3) is 5.31. The van der Waals surface area contributed by atoms with Gasteiger partial charge >= 0.3 is 0 Å². The molecule has 1 rings (SSSR count). The first-order chi connectivity index (χ1) is 8.42. The first-order valence-corrected chi connectivity index (χ1v) is 6.39. The van der Waals surface area contributed by atoms with Crippen molar-refractivity contribution >= 4 is 5.91 Å². The molecule has 0 saturated carbocycles. The fraction of sp³-hybridized carbons (Fsp3) is 0.692. The van der Waals surface area contributed by atoms with Crippen molar-refractivity contribution in [2.24, 2.45) is 0 Å². The van der Waals surface area contributed by atoms with Crippen molar-refractivity contribution in [3.8, 4) is 0 Å². The number of carbonyl (C=O) groups excluding carboxylic acids is 1. The van der Waals surface area contributed by atoms with Crippen LogP contribution in [0.5, 0.6) is 0 Å². The van der Waals surface area contributed by atoms with Crippen molar-refractivity contribution in [2.75, 3.05) is 6.54 Å². The maximum Gasteiger partial charge on any atom is 0.222 e. The number of carbonyl (C=O) groups is 1. The number of nitrogens with zero attached hydrogens (tertiary/aromatic N) is 2. The Bertz CT molecular complexity index is 355. The minimum atomic E-state index is -0.870. The average molecular weight is 253 g/mol. The molecule has 1 aromatic rings. The van der Waals surface area contributed by atoms with Gasteiger partial charge in [-0.05, 0) is 20.3 Å². The zero-order valence-electron chi connectivity index (χ0n) is 11.4. The Hall–Kier alpha value is -1.36. The van der Waals surface area contributed by atoms with E-state index in [9.17, 15) is 9.90 Å². The summed E-state index contributed by atoms with van der Waals surface area (Å²) in [4.78, 5) is 15.8. The monoisotopic (exact) mass is 253 g/mol. The number of amides is 1. The van der Waals surface area contributed by atoms with E-state index in [4.69, 9.17) is 0 Å². The molecule has 102 valence electrons. The molecular weight excluding hydrogens is 230 g/mol. The molecule has 18 heavy (non-hydrogen) atoms. The number of hydrogen-bond donors (Lipinski definition) is 2. The van der Waals surface area contributed by atoms with Crippen LogP contribution in [0, 0.1) is 0 Å². The van der Waals surface area contributed by atoms with Gasteiger partial charge in [-0.2, -0.15) is 0 Å². The van der Waals surface area contributed by atoms with E-state index in [1.807, 2.05) is 10.8 Å². The topological polar surface area (TPSA) is 67.2 Å². The lowest BCUT2D eigenvalue weighted by atomic mass is 10.1. The van der Waals surface area contributed by atoms with E-state index in [2.05, 4.69) is 17.2 Å². The Morgan fingerprint density at radius 1 is 1.56 bits per heavy atom. The molecular formula is C13H23N3O2. The number of aromatic nitrogens is 2. The van der Waals surface area contributed by atoms with Crippen LogP contribution >= 0.6 is 0 Å². The van der Waals surface area contributed by atoms with Crippen LogP contribution in [-0.2, 0) is 4.79 Å². The highest BCUT2D eigenvalue weighted by molar-refractivity contribution is 5.76. The summed E-state index contributed by atoms with van der Waals surface area (Å²) < 4.78 is 1.97. The lowest BCUT2D eigenvalue weighted by molar-refractivity contribution is -0.122. The van der Waals surface area contributed by atoms with Crippen LogP contribution < -0.4 is 5.32 Å². The Morgan fingerprint density at radius 3 is 2.78 bits per heavy atom. The van der Waals surface area contributed by atoms with Gasteiger partial charge in [0.05, 0.1) is 11.9 Å². The second-order valence-corrected chi connectivity index (χ2v) is 5.25. The predicted molar refractivity (Wildman–Crippen MR) is 70.1 cm³/mol. The molecule has 1 aromatic heterocycles. The van der Waals surface area contributed by atoms with E-state index >= 15 is 0 Å². The molecule has 0 bridgehead atoms. The van der Waals surface area contributed by atoms with Gasteiger partial charge in [0.1, 0.15) is 0 Å². The number of nitrogens with one attached hydrogen (secondary N) is 1. The smallest absolute Gasteiger partial charge is 0.222 e. The maximum atomic E-state index is 11.8. The maximum absolute atomic E-state index is 11.8. The standard InChI is InChI=1S/C13H23N3O2/c1-4-5-11(16-7-6-14-10-16)8-12(17)15-9-13(2,3)18/h6-7,10-11,18H,4-5,8-9H2,1-3H3,(H,15,17). The van der Waals surface area contributed by atoms with E-state index in [0.717, 1.165) is 12.8 Å². The van der Waals surface area contributed by atoms with Crippen LogP contribution in [0.15, 0.2) is 18.7 Å². The van der Waals surface area contributed by atoms with Crippen LogP contribution in [-0.4, -0.2) is 32.7 Å². The van der Waals surface area contributed by atoms with E-state index < -0.39 is 5.60 Å². The van der Waals surface area contributed by atoms with Gasteiger partial charge in [-0.25, -0.2) is 4.98 Å². The summed E-state index contributed by atoms with van der Waals surface area (Å²) >= 11 is 0. The number of aliphatic hydroxyl groups is 1. The van der Waals surface area contributed by atoms with E-state index in [1.165, 1.54) is 0 Å². The van der Waals surface area contributed by atoms with Crippen molar-refractivity contribution in [1.82, 2.24) is 14.9 Å². The molecule has 0 aliphatic rings. The molecule has 0 radical (unpaired) electrons. The molecule has 0 aromatic carbocycles. The zero-order chi connectivity index (χ0) is 13.6. The van der Waals surface area contributed by atoms with Gasteiger partial charge in [0.25, 0.3) is 0 Å². The fourth-order valence-corrected chi connectivity index (χ4v) is 1.78. The molecule has 0 aliphatic heterocycles. The molecule has 0 aliphatic carbocycles. The quantitative estimate of drug-likeness (QED) is 0.774. The number of hydrogen-bond acceptors (Lipinski definition) is 3. The molecule has 0 saturated heterocycles. The lowest BCUT2D eigenvalue weighted by Crippen LogP contribution is -2.38. The highest BCUT2D eigenvalue weighted by atomic mass is 16.3. The van der Waals surface area contributed by atoms with Crippen molar-refractivity contribution in [1.29, 1.82) is 0 Å². The Kier molecular flexibility index (Phi) is 5.34. The predicted octanol–water partition coefficient (Wildman–Crippen LogP) is 1.50. The van der Waals surface area contributed by atoms with Gasteiger partial charge < -0.3 is 15.0 Å². The van der Waals surface area contributed by atoms with Crippen molar-refractivity contribution in [3.05, 3.63) is 18.7 Å². The minimum Gasteiger partial charge on any atom is -0.389 e. The Morgan fingerprint density at radius 2 is 2.28 bits per heavy atom. The van der Waals surface area contributed by atoms with E-state index in [-0.39, 0.29) is 18.5 Å². The van der Waals surface area contributed by atoms with Crippen LogP contribution in [0.2, 0.25) is 0 Å². The Balaban J connectivity index is 2.49. The average Bonchev–Trinajstić information content (AvgIpc) is 2.78. The third-order valence-electron chi connectivity index (χ3n) is 2.71. The minimum absolute atomic E-state index is 0.0377. The lowest BCUT2D eigenvalue weighted by Gasteiger charge is -2.20. The van der Waals surface area contributed by atoms with Gasteiger partial charge in [0, 0.05) is 31.4 Å². The van der Waals surface area contributed by atoms with Crippen molar-refractivity contribution in [3.63, 3.8) is 0 Å². The highest BCUT2D eigenvalue weighted by Crippen LogP contribution is 2.17. The summed E-state index contributed by atoms with van der Waals surface area (Å²) in [6.07, 6.45) is 7.71. The van der Waals surface area contributed by atoms with Crippen LogP contribution in [0.25, 0.3) is 0 Å². The van der Waals surface area contributed by atoms with Crippen molar-refractivity contribution < 1.29 is 9.90 Å². The molecule has 1 heterocycles. The normalized spacial score (nSPS) is 13.3. The second kappa shape index (κ2) is 6.54. The van der Waals surface area contributed by atoms with Crippen LogP contribution in [0.3, 0.4) is 0 Å². The highest BCUT2D eigenvalue weighted by Gasteiger charge is 2.17. The molecule has 1 amide bonds. The van der Waals surface area contributed by atoms with Gasteiger partial charge in [0.15, 0.2) is 0 Å². The summed E-state index contributed by atoms with van der Waals surface area (Å²) in [5.74, 6) is -0.0377. The van der Waals surface area contributed by atoms with Crippen molar-refractivity contribution in [2.45, 2.75) is 51.7 Å². The van der Waals surface area contributed by atoms with E-state index in [0.29, 0.717) is 6.42 Å². The molecule has 2 N–H and O–H groups in total. The van der Waals surface area contributed by atoms with E-state index in [1.54, 1.807) is 26.4 Å². The largest absolute Gasteiger partial charge is 0.389 e. The van der Waals surface area contributed by atoms with Gasteiger partial charge in [-0.1, -0.05) is 13.3 Å². The van der Waals surface area contributed by atoms with Gasteiger partial charge in [-0.15, -0.1) is 0 Å². The zero-order valence-corrected chi connectivity index (χ0v) is 11.4. The summed E-state index contributed by atoms with van der Waals surface area (Å²) in [5, 5.41) is 12.3. The number of imidazole rings is 1. The van der Waals surface area contributed by atoms with Gasteiger partial charge in [0.2, 0.25) is 5.91 Å². The Labute approximate surface area is 108 Å². The molecule has 0 fully saturated rings. The summed E-state index contributed by atoms with van der Waals surface area (Å²) in [6.45, 7) is 5.71. The SMILES string of the molecule is CCCC(CC(=O)NCC(C)(C)O)n1ccnc1. The summed E-state index contributed by atoms with van der Waals surface area (Å²) in [5.41, 5.74) is -0.870. The fourth-order valence-electron chi connectivity index (χ4n) is 1.78. The van der Waals surface area contributed by atoms with Crippen LogP contribution in [0.1, 0.15) is 46.1 Å². The molecule has 1 atom stereocenters.